The van der Waals surface area contributed by atoms with Crippen molar-refractivity contribution >= 4 is 5.78 Å². The monoisotopic (exact) mass is 219 g/mol. The molecule has 0 bridgehead atoms. The summed E-state index contributed by atoms with van der Waals surface area (Å²) in [6, 6.07) is 4.15. The van der Waals surface area contributed by atoms with E-state index in [1.165, 1.54) is 11.1 Å². The molecule has 0 spiro atoms. The van der Waals surface area contributed by atoms with Crippen molar-refractivity contribution in [2.24, 2.45) is 5.73 Å². The number of rotatable bonds is 2. The molecular formula is C13H17NO2. The minimum absolute atomic E-state index is 0.0406. The van der Waals surface area contributed by atoms with Crippen LogP contribution in [0.5, 0.6) is 5.75 Å². The summed E-state index contributed by atoms with van der Waals surface area (Å²) in [5.41, 5.74) is 9.06. The first-order valence-corrected chi connectivity index (χ1v) is 5.58. The number of ether oxygens (including phenoxy) is 1. The molecule has 1 aliphatic rings. The standard InChI is InChI=1S/C13H17NO2/c1-8(15)12-6-10-5-11(14)4-3-9(10)7-13(12)16-2/h6-7,11H,3-5,14H2,1-2H3. The Balaban J connectivity index is 2.48. The summed E-state index contributed by atoms with van der Waals surface area (Å²) in [6.45, 7) is 1.56. The Bertz CT molecular complexity index is 426. The first kappa shape index (κ1) is 11.1. The zero-order valence-corrected chi connectivity index (χ0v) is 9.75. The Hall–Kier alpha value is -1.35. The zero-order chi connectivity index (χ0) is 11.7. The number of aryl methyl sites for hydroxylation is 1. The van der Waals surface area contributed by atoms with Crippen LogP contribution in [0.2, 0.25) is 0 Å². The fourth-order valence-corrected chi connectivity index (χ4v) is 2.26. The molecule has 1 atom stereocenters. The number of nitrogens with two attached hydrogens (primary N) is 1. The largest absolute Gasteiger partial charge is 0.496 e. The highest BCUT2D eigenvalue weighted by Crippen LogP contribution is 2.29. The van der Waals surface area contributed by atoms with E-state index in [1.807, 2.05) is 12.1 Å². The molecule has 0 amide bonds. The van der Waals surface area contributed by atoms with Crippen LogP contribution in [0.3, 0.4) is 0 Å². The minimum atomic E-state index is 0.0406. The lowest BCUT2D eigenvalue weighted by atomic mass is 9.87. The first-order valence-electron chi connectivity index (χ1n) is 5.58. The summed E-state index contributed by atoms with van der Waals surface area (Å²) in [5, 5.41) is 0. The second-order valence-corrected chi connectivity index (χ2v) is 4.38. The van der Waals surface area contributed by atoms with Gasteiger partial charge in [0, 0.05) is 6.04 Å². The molecule has 1 aliphatic carbocycles. The maximum Gasteiger partial charge on any atom is 0.163 e. The molecule has 0 aliphatic heterocycles. The topological polar surface area (TPSA) is 52.3 Å². The smallest absolute Gasteiger partial charge is 0.163 e. The molecule has 3 heteroatoms. The van der Waals surface area contributed by atoms with Gasteiger partial charge in [0.15, 0.2) is 5.78 Å². The lowest BCUT2D eigenvalue weighted by Crippen LogP contribution is -2.28. The molecule has 1 unspecified atom stereocenters. The quantitative estimate of drug-likeness (QED) is 0.770. The van der Waals surface area contributed by atoms with E-state index in [0.717, 1.165) is 19.3 Å². The molecule has 2 rings (SSSR count). The predicted molar refractivity (Wildman–Crippen MR) is 63.0 cm³/mol. The SMILES string of the molecule is COc1cc2c(cc1C(C)=O)CC(N)CC2. The van der Waals surface area contributed by atoms with Gasteiger partial charge < -0.3 is 10.5 Å². The van der Waals surface area contributed by atoms with Gasteiger partial charge >= 0.3 is 0 Å². The number of benzene rings is 1. The van der Waals surface area contributed by atoms with Crippen LogP contribution in [-0.2, 0) is 12.8 Å². The van der Waals surface area contributed by atoms with Gasteiger partial charge in [0.05, 0.1) is 12.7 Å². The third-order valence-corrected chi connectivity index (χ3v) is 3.17. The van der Waals surface area contributed by atoms with E-state index in [1.54, 1.807) is 14.0 Å². The second-order valence-electron chi connectivity index (χ2n) is 4.38. The summed E-state index contributed by atoms with van der Waals surface area (Å²) in [4.78, 5) is 11.5. The van der Waals surface area contributed by atoms with Crippen molar-refractivity contribution < 1.29 is 9.53 Å². The Kier molecular flexibility index (Phi) is 2.97. The van der Waals surface area contributed by atoms with Crippen LogP contribution in [0.1, 0.15) is 34.8 Å². The molecule has 86 valence electrons. The van der Waals surface area contributed by atoms with Gasteiger partial charge in [0.1, 0.15) is 5.75 Å². The summed E-state index contributed by atoms with van der Waals surface area (Å²) in [5.74, 6) is 0.723. The van der Waals surface area contributed by atoms with Crippen LogP contribution in [-0.4, -0.2) is 18.9 Å². The van der Waals surface area contributed by atoms with Crippen LogP contribution in [0, 0.1) is 0 Å². The minimum Gasteiger partial charge on any atom is -0.496 e. The molecule has 0 saturated heterocycles. The lowest BCUT2D eigenvalue weighted by molar-refractivity contribution is 0.101. The van der Waals surface area contributed by atoms with Crippen molar-refractivity contribution in [3.05, 3.63) is 28.8 Å². The van der Waals surface area contributed by atoms with Crippen molar-refractivity contribution in [1.29, 1.82) is 0 Å². The molecular weight excluding hydrogens is 202 g/mol. The number of hydrogen-bond acceptors (Lipinski definition) is 3. The van der Waals surface area contributed by atoms with Gasteiger partial charge in [-0.2, -0.15) is 0 Å². The van der Waals surface area contributed by atoms with Crippen molar-refractivity contribution in [3.8, 4) is 5.75 Å². The Morgan fingerprint density at radius 2 is 2.19 bits per heavy atom. The first-order chi connectivity index (χ1) is 7.61. The van der Waals surface area contributed by atoms with Gasteiger partial charge in [-0.3, -0.25) is 4.79 Å². The molecule has 0 saturated carbocycles. The number of Topliss-reactive ketones (excluding diaryl/α,β-unsaturated/α-hetero) is 1. The number of ketones is 1. The highest BCUT2D eigenvalue weighted by Gasteiger charge is 2.19. The summed E-state index contributed by atoms with van der Waals surface area (Å²) in [7, 11) is 1.60. The third-order valence-electron chi connectivity index (χ3n) is 3.17. The van der Waals surface area contributed by atoms with Crippen LogP contribution >= 0.6 is 0 Å². The van der Waals surface area contributed by atoms with E-state index >= 15 is 0 Å². The predicted octanol–water partition coefficient (Wildman–Crippen LogP) is 1.71. The number of hydrogen-bond donors (Lipinski definition) is 1. The zero-order valence-electron chi connectivity index (χ0n) is 9.75. The van der Waals surface area contributed by atoms with Crippen LogP contribution in [0.4, 0.5) is 0 Å². The van der Waals surface area contributed by atoms with Crippen LogP contribution < -0.4 is 10.5 Å². The lowest BCUT2D eigenvalue weighted by Gasteiger charge is -2.23. The molecule has 0 radical (unpaired) electrons. The normalized spacial score (nSPS) is 19.1. The van der Waals surface area contributed by atoms with Crippen molar-refractivity contribution in [3.63, 3.8) is 0 Å². The molecule has 0 heterocycles. The summed E-state index contributed by atoms with van der Waals surface area (Å²) < 4.78 is 5.25. The third kappa shape index (κ3) is 1.95. The molecule has 2 N–H and O–H groups in total. The van der Waals surface area contributed by atoms with E-state index in [0.29, 0.717) is 11.3 Å². The van der Waals surface area contributed by atoms with E-state index in [-0.39, 0.29) is 11.8 Å². The van der Waals surface area contributed by atoms with Gasteiger partial charge in [-0.1, -0.05) is 0 Å². The van der Waals surface area contributed by atoms with Gasteiger partial charge in [0.2, 0.25) is 0 Å². The maximum absolute atomic E-state index is 11.5. The van der Waals surface area contributed by atoms with Gasteiger partial charge in [0.25, 0.3) is 0 Å². The van der Waals surface area contributed by atoms with Crippen molar-refractivity contribution in [2.75, 3.05) is 7.11 Å². The van der Waals surface area contributed by atoms with Crippen LogP contribution in [0.15, 0.2) is 12.1 Å². The van der Waals surface area contributed by atoms with E-state index in [4.69, 9.17) is 10.5 Å². The fourth-order valence-electron chi connectivity index (χ4n) is 2.26. The van der Waals surface area contributed by atoms with E-state index in [9.17, 15) is 4.79 Å². The van der Waals surface area contributed by atoms with E-state index < -0.39 is 0 Å². The fraction of sp³-hybridized carbons (Fsp3) is 0.462. The number of methoxy groups -OCH3 is 1. The summed E-state index contributed by atoms with van der Waals surface area (Å²) >= 11 is 0. The number of fused-ring (bicyclic) bond motifs is 1. The molecule has 16 heavy (non-hydrogen) atoms. The highest BCUT2D eigenvalue weighted by atomic mass is 16.5. The average molecular weight is 219 g/mol. The molecule has 3 nitrogen and oxygen atoms in total. The van der Waals surface area contributed by atoms with Gasteiger partial charge in [-0.15, -0.1) is 0 Å². The Labute approximate surface area is 95.6 Å². The average Bonchev–Trinajstić information content (AvgIpc) is 2.27. The molecule has 0 aromatic heterocycles. The Morgan fingerprint density at radius 3 is 2.81 bits per heavy atom. The van der Waals surface area contributed by atoms with E-state index in [2.05, 4.69) is 0 Å². The second kappa shape index (κ2) is 4.26. The van der Waals surface area contributed by atoms with Crippen LogP contribution in [0.25, 0.3) is 0 Å². The van der Waals surface area contributed by atoms with Crippen molar-refractivity contribution in [1.82, 2.24) is 0 Å². The van der Waals surface area contributed by atoms with Gasteiger partial charge in [-0.25, -0.2) is 0 Å². The van der Waals surface area contributed by atoms with Gasteiger partial charge in [-0.05, 0) is 49.4 Å². The summed E-state index contributed by atoms with van der Waals surface area (Å²) in [6.07, 6.45) is 2.85. The highest BCUT2D eigenvalue weighted by molar-refractivity contribution is 5.97. The molecule has 0 fully saturated rings. The molecule has 1 aromatic rings. The number of carbonyl (C=O) groups is 1. The Morgan fingerprint density at radius 1 is 1.44 bits per heavy atom. The van der Waals surface area contributed by atoms with Crippen molar-refractivity contribution in [2.45, 2.75) is 32.2 Å². The number of carbonyl (C=O) groups excluding carboxylic acids is 1. The molecule has 1 aromatic carbocycles. The maximum atomic E-state index is 11.5.